The summed E-state index contributed by atoms with van der Waals surface area (Å²) in [6, 6.07) is 5.89. The Balaban J connectivity index is 2.60. The largest absolute Gasteiger partial charge is 0.492 e. The maximum Gasteiger partial charge on any atom is 0.169 e. The van der Waals surface area contributed by atoms with E-state index in [2.05, 4.69) is 4.98 Å². The number of thiazole rings is 1. The molecule has 18 heavy (non-hydrogen) atoms. The molecule has 5 heteroatoms. The number of methoxy groups -OCH3 is 1. The molecule has 0 saturated carbocycles. The van der Waals surface area contributed by atoms with Crippen molar-refractivity contribution in [1.29, 1.82) is 0 Å². The van der Waals surface area contributed by atoms with Gasteiger partial charge in [-0.3, -0.25) is 0 Å². The number of rotatable bonds is 4. The van der Waals surface area contributed by atoms with Crippen molar-refractivity contribution in [3.8, 4) is 21.9 Å². The van der Waals surface area contributed by atoms with Crippen LogP contribution in [0.25, 0.3) is 10.4 Å². The number of aryl methyl sites for hydroxylation is 1. The van der Waals surface area contributed by atoms with E-state index in [-0.39, 0.29) is 0 Å². The molecule has 1 heterocycles. The van der Waals surface area contributed by atoms with E-state index in [1.165, 1.54) is 0 Å². The van der Waals surface area contributed by atoms with Crippen LogP contribution in [0.3, 0.4) is 0 Å². The SMILES string of the molecule is CCOc1cccc(-c2sc(=S)[nH]c2C)c1OC. The number of hydrogen-bond donors (Lipinski definition) is 1. The second-order valence-corrected chi connectivity index (χ2v) is 5.43. The highest BCUT2D eigenvalue weighted by molar-refractivity contribution is 7.73. The van der Waals surface area contributed by atoms with Gasteiger partial charge in [-0.05, 0) is 38.2 Å². The van der Waals surface area contributed by atoms with Crippen LogP contribution in [0, 0.1) is 10.9 Å². The zero-order valence-corrected chi connectivity index (χ0v) is 12.2. The van der Waals surface area contributed by atoms with Crippen molar-refractivity contribution >= 4 is 23.6 Å². The summed E-state index contributed by atoms with van der Waals surface area (Å²) in [6.07, 6.45) is 0. The van der Waals surface area contributed by atoms with Crippen LogP contribution in [-0.2, 0) is 0 Å². The van der Waals surface area contributed by atoms with Crippen LogP contribution in [-0.4, -0.2) is 18.7 Å². The Labute approximate surface area is 115 Å². The van der Waals surface area contributed by atoms with Crippen molar-refractivity contribution in [2.45, 2.75) is 13.8 Å². The van der Waals surface area contributed by atoms with Crippen LogP contribution in [0.5, 0.6) is 11.5 Å². The van der Waals surface area contributed by atoms with Crippen molar-refractivity contribution in [3.63, 3.8) is 0 Å². The standard InChI is InChI=1S/C13H15NO2S2/c1-4-16-10-7-5-6-9(11(10)15-3)12-8(2)14-13(17)18-12/h5-7H,4H2,1-3H3,(H,14,17). The molecule has 0 saturated heterocycles. The second-order valence-electron chi connectivity index (χ2n) is 3.74. The van der Waals surface area contributed by atoms with Crippen LogP contribution >= 0.6 is 23.6 Å². The van der Waals surface area contributed by atoms with Crippen LogP contribution in [0.4, 0.5) is 0 Å². The maximum atomic E-state index is 5.58. The topological polar surface area (TPSA) is 34.2 Å². The Kier molecular flexibility index (Phi) is 4.04. The van der Waals surface area contributed by atoms with Gasteiger partial charge in [0.05, 0.1) is 18.6 Å². The number of aromatic nitrogens is 1. The van der Waals surface area contributed by atoms with Crippen LogP contribution in [0.2, 0.25) is 0 Å². The molecule has 0 unspecified atom stereocenters. The summed E-state index contributed by atoms with van der Waals surface area (Å²) >= 11 is 6.72. The van der Waals surface area contributed by atoms with E-state index >= 15 is 0 Å². The third-order valence-electron chi connectivity index (χ3n) is 2.55. The highest BCUT2D eigenvalue weighted by Crippen LogP contribution is 2.41. The predicted molar refractivity (Wildman–Crippen MR) is 77.4 cm³/mol. The van der Waals surface area contributed by atoms with Gasteiger partial charge in [0.1, 0.15) is 0 Å². The molecule has 3 nitrogen and oxygen atoms in total. The van der Waals surface area contributed by atoms with Gasteiger partial charge in [0.2, 0.25) is 0 Å². The molecule has 0 aliphatic carbocycles. The molecule has 0 aliphatic heterocycles. The van der Waals surface area contributed by atoms with Gasteiger partial charge < -0.3 is 14.5 Å². The number of nitrogens with one attached hydrogen (secondary N) is 1. The van der Waals surface area contributed by atoms with Gasteiger partial charge in [0.25, 0.3) is 0 Å². The zero-order valence-electron chi connectivity index (χ0n) is 10.6. The average molecular weight is 281 g/mol. The Morgan fingerprint density at radius 2 is 2.17 bits per heavy atom. The minimum Gasteiger partial charge on any atom is -0.492 e. The van der Waals surface area contributed by atoms with E-state index in [4.69, 9.17) is 21.7 Å². The number of benzene rings is 1. The monoisotopic (exact) mass is 281 g/mol. The molecule has 2 rings (SSSR count). The van der Waals surface area contributed by atoms with Gasteiger partial charge in [-0.15, -0.1) is 11.3 Å². The quantitative estimate of drug-likeness (QED) is 0.853. The highest BCUT2D eigenvalue weighted by atomic mass is 32.1. The summed E-state index contributed by atoms with van der Waals surface area (Å²) in [5, 5.41) is 0. The van der Waals surface area contributed by atoms with Crippen molar-refractivity contribution < 1.29 is 9.47 Å². The van der Waals surface area contributed by atoms with Gasteiger partial charge in [-0.1, -0.05) is 6.07 Å². The Hall–Kier alpha value is -1.33. The fourth-order valence-electron chi connectivity index (χ4n) is 1.84. The predicted octanol–water partition coefficient (Wildman–Crippen LogP) is 4.19. The molecule has 2 aromatic rings. The molecule has 0 spiro atoms. The molecule has 0 aliphatic rings. The van der Waals surface area contributed by atoms with Crippen LogP contribution in [0.1, 0.15) is 12.6 Å². The van der Waals surface area contributed by atoms with E-state index in [1.54, 1.807) is 18.4 Å². The molecule has 0 bridgehead atoms. The maximum absolute atomic E-state index is 5.58. The van der Waals surface area contributed by atoms with Gasteiger partial charge in [-0.2, -0.15) is 0 Å². The highest BCUT2D eigenvalue weighted by Gasteiger charge is 2.15. The minimum atomic E-state index is 0.613. The van der Waals surface area contributed by atoms with Gasteiger partial charge >= 0.3 is 0 Å². The minimum absolute atomic E-state index is 0.613. The van der Waals surface area contributed by atoms with Gasteiger partial charge in [0.15, 0.2) is 15.5 Å². The third-order valence-corrected chi connectivity index (χ3v) is 3.92. The first-order chi connectivity index (χ1) is 8.67. The lowest BCUT2D eigenvalue weighted by molar-refractivity contribution is 0.311. The van der Waals surface area contributed by atoms with Crippen LogP contribution < -0.4 is 9.47 Å². The summed E-state index contributed by atoms with van der Waals surface area (Å²) in [7, 11) is 1.66. The van der Waals surface area contributed by atoms with Crippen molar-refractivity contribution in [2.75, 3.05) is 13.7 Å². The molecule has 0 radical (unpaired) electrons. The first-order valence-electron chi connectivity index (χ1n) is 5.67. The lowest BCUT2D eigenvalue weighted by Gasteiger charge is -2.13. The van der Waals surface area contributed by atoms with Crippen LogP contribution in [0.15, 0.2) is 18.2 Å². The summed E-state index contributed by atoms with van der Waals surface area (Å²) in [6.45, 7) is 4.58. The van der Waals surface area contributed by atoms with E-state index in [1.807, 2.05) is 32.0 Å². The number of ether oxygens (including phenoxy) is 2. The second kappa shape index (κ2) is 5.54. The van der Waals surface area contributed by atoms with Crippen molar-refractivity contribution in [2.24, 2.45) is 0 Å². The van der Waals surface area contributed by atoms with Crippen molar-refractivity contribution in [3.05, 3.63) is 27.8 Å². The van der Waals surface area contributed by atoms with Gasteiger partial charge in [0, 0.05) is 11.3 Å². The number of hydrogen-bond acceptors (Lipinski definition) is 4. The fourth-order valence-corrected chi connectivity index (χ4v) is 3.10. The van der Waals surface area contributed by atoms with E-state index in [0.29, 0.717) is 6.61 Å². The molecule has 0 amide bonds. The first-order valence-corrected chi connectivity index (χ1v) is 6.89. The Morgan fingerprint density at radius 3 is 2.72 bits per heavy atom. The summed E-state index contributed by atoms with van der Waals surface area (Å²) in [4.78, 5) is 4.24. The Bertz CT molecular complexity index is 601. The van der Waals surface area contributed by atoms with E-state index in [0.717, 1.165) is 31.6 Å². The molecule has 1 aromatic carbocycles. The fraction of sp³-hybridized carbons (Fsp3) is 0.308. The number of para-hydroxylation sites is 1. The van der Waals surface area contributed by atoms with Gasteiger partial charge in [-0.25, -0.2) is 0 Å². The van der Waals surface area contributed by atoms with Crippen molar-refractivity contribution in [1.82, 2.24) is 4.98 Å². The smallest absolute Gasteiger partial charge is 0.169 e. The molecule has 1 N–H and O–H groups in total. The molecule has 96 valence electrons. The number of aromatic amines is 1. The third kappa shape index (κ3) is 2.42. The lowest BCUT2D eigenvalue weighted by atomic mass is 10.1. The summed E-state index contributed by atoms with van der Waals surface area (Å²) in [5.74, 6) is 1.52. The molecule has 0 fully saturated rings. The summed E-state index contributed by atoms with van der Waals surface area (Å²) < 4.78 is 11.8. The zero-order chi connectivity index (χ0) is 13.1. The average Bonchev–Trinajstić information content (AvgIpc) is 2.68. The Morgan fingerprint density at radius 1 is 1.39 bits per heavy atom. The molecular formula is C13H15NO2S2. The van der Waals surface area contributed by atoms with E-state index < -0.39 is 0 Å². The molecule has 1 aromatic heterocycles. The molecule has 0 atom stereocenters. The summed E-state index contributed by atoms with van der Waals surface area (Å²) in [5.41, 5.74) is 2.07. The normalized spacial score (nSPS) is 10.4. The first kappa shape index (κ1) is 13.1. The number of H-pyrrole nitrogens is 1. The molecular weight excluding hydrogens is 266 g/mol. The lowest BCUT2D eigenvalue weighted by Crippen LogP contribution is -1.96. The van der Waals surface area contributed by atoms with E-state index in [9.17, 15) is 0 Å².